The molecule has 3 nitrogen and oxygen atoms in total. The van der Waals surface area contributed by atoms with Crippen molar-refractivity contribution in [3.63, 3.8) is 0 Å². The minimum Gasteiger partial charge on any atom is -0.310 e. The van der Waals surface area contributed by atoms with E-state index in [2.05, 4.69) is 16.6 Å². The van der Waals surface area contributed by atoms with E-state index in [1.807, 2.05) is 23.0 Å². The van der Waals surface area contributed by atoms with E-state index >= 15 is 0 Å². The first-order valence-electron chi connectivity index (χ1n) is 6.39. The SMILES string of the molecule is Clc1ccc(Cn2cc(CNC3CC3)cn2)c(Cl)c1. The molecule has 0 bridgehead atoms. The van der Waals surface area contributed by atoms with Crippen LogP contribution in [0.1, 0.15) is 24.0 Å². The zero-order chi connectivity index (χ0) is 13.2. The van der Waals surface area contributed by atoms with Crippen molar-refractivity contribution in [3.8, 4) is 0 Å². The van der Waals surface area contributed by atoms with Gasteiger partial charge in [-0.3, -0.25) is 4.68 Å². The number of hydrogen-bond donors (Lipinski definition) is 1. The lowest BCUT2D eigenvalue weighted by Gasteiger charge is -2.05. The first-order valence-corrected chi connectivity index (χ1v) is 7.15. The van der Waals surface area contributed by atoms with E-state index in [-0.39, 0.29) is 0 Å². The molecule has 1 aromatic heterocycles. The monoisotopic (exact) mass is 295 g/mol. The number of rotatable bonds is 5. The Balaban J connectivity index is 1.65. The van der Waals surface area contributed by atoms with Gasteiger partial charge in [0.1, 0.15) is 0 Å². The van der Waals surface area contributed by atoms with Gasteiger partial charge in [0.15, 0.2) is 0 Å². The molecule has 1 fully saturated rings. The van der Waals surface area contributed by atoms with Crippen molar-refractivity contribution < 1.29 is 0 Å². The zero-order valence-corrected chi connectivity index (χ0v) is 12.0. The van der Waals surface area contributed by atoms with Gasteiger partial charge in [0.25, 0.3) is 0 Å². The molecule has 0 aliphatic heterocycles. The van der Waals surface area contributed by atoms with Crippen LogP contribution in [0.2, 0.25) is 10.0 Å². The molecule has 1 saturated carbocycles. The highest BCUT2D eigenvalue weighted by molar-refractivity contribution is 6.35. The van der Waals surface area contributed by atoms with Crippen molar-refractivity contribution in [2.45, 2.75) is 32.0 Å². The van der Waals surface area contributed by atoms with Crippen molar-refractivity contribution in [3.05, 3.63) is 51.8 Å². The summed E-state index contributed by atoms with van der Waals surface area (Å²) in [6.07, 6.45) is 6.56. The quantitative estimate of drug-likeness (QED) is 0.915. The Kier molecular flexibility index (Phi) is 3.78. The van der Waals surface area contributed by atoms with Gasteiger partial charge in [-0.15, -0.1) is 0 Å². The van der Waals surface area contributed by atoms with Crippen LogP contribution in [-0.4, -0.2) is 15.8 Å². The van der Waals surface area contributed by atoms with Gasteiger partial charge >= 0.3 is 0 Å². The van der Waals surface area contributed by atoms with Crippen LogP contribution in [0.25, 0.3) is 0 Å². The molecule has 2 aromatic rings. The molecule has 1 aromatic carbocycles. The van der Waals surface area contributed by atoms with Crippen molar-refractivity contribution in [1.29, 1.82) is 0 Å². The minimum absolute atomic E-state index is 0.656. The Morgan fingerprint density at radius 2 is 2.16 bits per heavy atom. The topological polar surface area (TPSA) is 29.9 Å². The van der Waals surface area contributed by atoms with Crippen LogP contribution < -0.4 is 5.32 Å². The van der Waals surface area contributed by atoms with E-state index < -0.39 is 0 Å². The van der Waals surface area contributed by atoms with Crippen molar-refractivity contribution in [2.24, 2.45) is 0 Å². The summed E-state index contributed by atoms with van der Waals surface area (Å²) in [5.41, 5.74) is 2.23. The Hall–Kier alpha value is -1.03. The van der Waals surface area contributed by atoms with Gasteiger partial charge in [-0.1, -0.05) is 29.3 Å². The fourth-order valence-corrected chi connectivity index (χ4v) is 2.43. The van der Waals surface area contributed by atoms with Crippen LogP contribution >= 0.6 is 23.2 Å². The van der Waals surface area contributed by atoms with Gasteiger partial charge in [0, 0.05) is 34.4 Å². The molecule has 0 unspecified atom stereocenters. The van der Waals surface area contributed by atoms with Crippen molar-refractivity contribution >= 4 is 23.2 Å². The Morgan fingerprint density at radius 1 is 1.32 bits per heavy atom. The zero-order valence-electron chi connectivity index (χ0n) is 10.4. The highest BCUT2D eigenvalue weighted by Crippen LogP contribution is 2.22. The molecule has 3 rings (SSSR count). The van der Waals surface area contributed by atoms with Crippen LogP contribution in [0.15, 0.2) is 30.6 Å². The molecule has 0 radical (unpaired) electrons. The standard InChI is InChI=1S/C14H15Cl2N3/c15-12-2-1-11(14(16)5-12)9-19-8-10(7-18-19)6-17-13-3-4-13/h1-2,5,7-8,13,17H,3-4,6,9H2. The fraction of sp³-hybridized carbons (Fsp3) is 0.357. The van der Waals surface area contributed by atoms with Gasteiger partial charge in [0.05, 0.1) is 12.7 Å². The molecule has 0 spiro atoms. The summed E-state index contributed by atoms with van der Waals surface area (Å²) in [7, 11) is 0. The first kappa shape index (κ1) is 13.0. The average molecular weight is 296 g/mol. The molecule has 1 N–H and O–H groups in total. The summed E-state index contributed by atoms with van der Waals surface area (Å²) in [5, 5.41) is 9.17. The second-order valence-corrected chi connectivity index (χ2v) is 5.78. The third kappa shape index (κ3) is 3.50. The third-order valence-corrected chi connectivity index (χ3v) is 3.79. The van der Waals surface area contributed by atoms with E-state index in [0.29, 0.717) is 22.6 Å². The van der Waals surface area contributed by atoms with Gasteiger partial charge in [-0.25, -0.2) is 0 Å². The maximum Gasteiger partial charge on any atom is 0.0674 e. The minimum atomic E-state index is 0.656. The number of hydrogen-bond acceptors (Lipinski definition) is 2. The number of aromatic nitrogens is 2. The number of nitrogens with zero attached hydrogens (tertiary/aromatic N) is 2. The van der Waals surface area contributed by atoms with E-state index in [9.17, 15) is 0 Å². The lowest BCUT2D eigenvalue weighted by atomic mass is 10.2. The van der Waals surface area contributed by atoms with Crippen molar-refractivity contribution in [1.82, 2.24) is 15.1 Å². The Bertz CT molecular complexity index is 576. The number of nitrogens with one attached hydrogen (secondary N) is 1. The van der Waals surface area contributed by atoms with Crippen LogP contribution in [0, 0.1) is 0 Å². The van der Waals surface area contributed by atoms with Crippen LogP contribution in [-0.2, 0) is 13.1 Å². The Morgan fingerprint density at radius 3 is 2.89 bits per heavy atom. The summed E-state index contributed by atoms with van der Waals surface area (Å²) < 4.78 is 1.90. The van der Waals surface area contributed by atoms with Gasteiger partial charge in [-0.05, 0) is 30.5 Å². The maximum atomic E-state index is 6.16. The molecule has 1 aliphatic carbocycles. The Labute approximate surface area is 122 Å². The predicted molar refractivity (Wildman–Crippen MR) is 77.7 cm³/mol. The summed E-state index contributed by atoms with van der Waals surface area (Å²) in [5.74, 6) is 0. The molecule has 5 heteroatoms. The molecule has 0 amide bonds. The maximum absolute atomic E-state index is 6.16. The van der Waals surface area contributed by atoms with E-state index in [1.54, 1.807) is 6.07 Å². The van der Waals surface area contributed by atoms with Crippen LogP contribution in [0.5, 0.6) is 0 Å². The van der Waals surface area contributed by atoms with Crippen LogP contribution in [0.3, 0.4) is 0 Å². The molecular weight excluding hydrogens is 281 g/mol. The molecule has 1 aliphatic rings. The molecule has 0 atom stereocenters. The number of benzene rings is 1. The summed E-state index contributed by atoms with van der Waals surface area (Å²) >= 11 is 12.0. The molecule has 100 valence electrons. The molecule has 19 heavy (non-hydrogen) atoms. The van der Waals surface area contributed by atoms with Gasteiger partial charge in [-0.2, -0.15) is 5.10 Å². The summed E-state index contributed by atoms with van der Waals surface area (Å²) in [4.78, 5) is 0. The molecule has 0 saturated heterocycles. The molecule has 1 heterocycles. The second-order valence-electron chi connectivity index (χ2n) is 4.94. The van der Waals surface area contributed by atoms with Crippen LogP contribution in [0.4, 0.5) is 0 Å². The highest BCUT2D eigenvalue weighted by Gasteiger charge is 2.20. The third-order valence-electron chi connectivity index (χ3n) is 3.21. The van der Waals surface area contributed by atoms with Gasteiger partial charge < -0.3 is 5.32 Å². The van der Waals surface area contributed by atoms with E-state index in [1.165, 1.54) is 18.4 Å². The molecular formula is C14H15Cl2N3. The average Bonchev–Trinajstić information content (AvgIpc) is 3.10. The van der Waals surface area contributed by atoms with E-state index in [4.69, 9.17) is 23.2 Å². The van der Waals surface area contributed by atoms with Gasteiger partial charge in [0.2, 0.25) is 0 Å². The lowest BCUT2D eigenvalue weighted by Crippen LogP contribution is -2.14. The predicted octanol–water partition coefficient (Wildman–Crippen LogP) is 3.49. The highest BCUT2D eigenvalue weighted by atomic mass is 35.5. The number of halogens is 2. The smallest absolute Gasteiger partial charge is 0.0674 e. The largest absolute Gasteiger partial charge is 0.310 e. The summed E-state index contributed by atoms with van der Waals surface area (Å²) in [6.45, 7) is 1.55. The van der Waals surface area contributed by atoms with Crippen molar-refractivity contribution in [2.75, 3.05) is 0 Å². The summed E-state index contributed by atoms with van der Waals surface area (Å²) in [6, 6.07) is 6.27. The van der Waals surface area contributed by atoms with E-state index in [0.717, 1.165) is 12.1 Å². The second kappa shape index (κ2) is 5.53. The normalized spacial score (nSPS) is 14.8. The lowest BCUT2D eigenvalue weighted by molar-refractivity contribution is 0.675. The first-order chi connectivity index (χ1) is 9.20. The fourth-order valence-electron chi connectivity index (χ4n) is 1.96.